The van der Waals surface area contributed by atoms with Gasteiger partial charge in [-0.15, -0.1) is 0 Å². The Balaban J connectivity index is 2.84. The van der Waals surface area contributed by atoms with Crippen LogP contribution < -0.4 is 5.32 Å². The molecule has 0 spiro atoms. The Morgan fingerprint density at radius 3 is 2.88 bits per heavy atom. The van der Waals surface area contributed by atoms with Gasteiger partial charge in [0.25, 0.3) is 5.69 Å². The Kier molecular flexibility index (Phi) is 5.59. The number of aliphatic hydroxyl groups excluding tert-OH is 1. The van der Waals surface area contributed by atoms with Crippen molar-refractivity contribution in [3.8, 4) is 0 Å². The highest BCUT2D eigenvalue weighted by molar-refractivity contribution is 5.35. The van der Waals surface area contributed by atoms with Crippen LogP contribution in [0.5, 0.6) is 0 Å². The Bertz CT molecular complexity index is 369. The van der Waals surface area contributed by atoms with Crippen molar-refractivity contribution < 1.29 is 10.0 Å². The van der Waals surface area contributed by atoms with Gasteiger partial charge >= 0.3 is 0 Å². The lowest BCUT2D eigenvalue weighted by Gasteiger charge is -2.17. The highest BCUT2D eigenvalue weighted by Crippen LogP contribution is 2.22. The zero-order valence-electron chi connectivity index (χ0n) is 9.93. The molecule has 5 nitrogen and oxygen atoms in total. The number of nitrogens with zero attached hydrogens (tertiary/aromatic N) is 1. The maximum Gasteiger partial charge on any atom is 0.269 e. The van der Waals surface area contributed by atoms with E-state index < -0.39 is 4.92 Å². The molecule has 0 saturated heterocycles. The van der Waals surface area contributed by atoms with Crippen molar-refractivity contribution >= 4 is 5.69 Å². The van der Waals surface area contributed by atoms with Gasteiger partial charge in [0.05, 0.1) is 11.5 Å². The van der Waals surface area contributed by atoms with E-state index in [1.807, 2.05) is 6.07 Å². The summed E-state index contributed by atoms with van der Waals surface area (Å²) in [4.78, 5) is 10.3. The molecule has 0 aromatic heterocycles. The van der Waals surface area contributed by atoms with E-state index in [1.165, 1.54) is 6.07 Å². The van der Waals surface area contributed by atoms with Gasteiger partial charge < -0.3 is 10.4 Å². The first kappa shape index (κ1) is 13.6. The molecule has 1 rings (SSSR count). The monoisotopic (exact) mass is 238 g/mol. The topological polar surface area (TPSA) is 75.4 Å². The maximum absolute atomic E-state index is 10.7. The van der Waals surface area contributed by atoms with Crippen LogP contribution in [-0.2, 0) is 0 Å². The van der Waals surface area contributed by atoms with Gasteiger partial charge in [-0.05, 0) is 12.0 Å². The normalized spacial score (nSPS) is 12.4. The molecule has 1 aromatic rings. The number of non-ortho nitro benzene ring substituents is 1. The molecule has 0 aliphatic rings. The molecule has 0 amide bonds. The fourth-order valence-electron chi connectivity index (χ4n) is 1.77. The Hall–Kier alpha value is -1.46. The standard InChI is InChI=1S/C12H18N2O3/c1-2-4-12(13-7-8-15)10-5-3-6-11(9-10)14(16)17/h3,5-6,9,12-13,15H,2,4,7-8H2,1H3. The first-order chi connectivity index (χ1) is 8.19. The molecule has 1 unspecified atom stereocenters. The van der Waals surface area contributed by atoms with Crippen molar-refractivity contribution in [3.05, 3.63) is 39.9 Å². The lowest BCUT2D eigenvalue weighted by atomic mass is 10.0. The van der Waals surface area contributed by atoms with Crippen molar-refractivity contribution in [1.82, 2.24) is 5.32 Å². The molecule has 0 bridgehead atoms. The molecular weight excluding hydrogens is 220 g/mol. The van der Waals surface area contributed by atoms with Crippen molar-refractivity contribution in [1.29, 1.82) is 0 Å². The van der Waals surface area contributed by atoms with E-state index in [2.05, 4.69) is 12.2 Å². The molecule has 0 saturated carbocycles. The van der Waals surface area contributed by atoms with E-state index in [0.717, 1.165) is 18.4 Å². The van der Waals surface area contributed by atoms with Gasteiger partial charge in [0, 0.05) is 24.7 Å². The number of nitro groups is 1. The van der Waals surface area contributed by atoms with Crippen LogP contribution in [0.25, 0.3) is 0 Å². The van der Waals surface area contributed by atoms with Crippen LogP contribution in [0.4, 0.5) is 5.69 Å². The van der Waals surface area contributed by atoms with Gasteiger partial charge in [-0.1, -0.05) is 25.5 Å². The quantitative estimate of drug-likeness (QED) is 0.563. The van der Waals surface area contributed by atoms with Gasteiger partial charge in [-0.25, -0.2) is 0 Å². The van der Waals surface area contributed by atoms with Crippen molar-refractivity contribution in [3.63, 3.8) is 0 Å². The summed E-state index contributed by atoms with van der Waals surface area (Å²) < 4.78 is 0. The lowest BCUT2D eigenvalue weighted by molar-refractivity contribution is -0.384. The molecule has 1 atom stereocenters. The predicted molar refractivity (Wildman–Crippen MR) is 65.8 cm³/mol. The van der Waals surface area contributed by atoms with Crippen LogP contribution in [0.3, 0.4) is 0 Å². The lowest BCUT2D eigenvalue weighted by Crippen LogP contribution is -2.24. The third-order valence-corrected chi connectivity index (χ3v) is 2.56. The van der Waals surface area contributed by atoms with E-state index in [9.17, 15) is 10.1 Å². The molecule has 17 heavy (non-hydrogen) atoms. The number of hydrogen-bond donors (Lipinski definition) is 2. The molecule has 5 heteroatoms. The highest BCUT2D eigenvalue weighted by Gasteiger charge is 2.13. The SMILES string of the molecule is CCCC(NCCO)c1cccc([N+](=O)[O-])c1. The zero-order chi connectivity index (χ0) is 12.7. The van der Waals surface area contributed by atoms with E-state index in [4.69, 9.17) is 5.11 Å². The fourth-order valence-corrected chi connectivity index (χ4v) is 1.77. The number of benzene rings is 1. The van der Waals surface area contributed by atoms with Gasteiger partial charge in [-0.3, -0.25) is 10.1 Å². The second kappa shape index (κ2) is 6.98. The van der Waals surface area contributed by atoms with Crippen LogP contribution in [0, 0.1) is 10.1 Å². The summed E-state index contributed by atoms with van der Waals surface area (Å²) in [5, 5.41) is 22.7. The van der Waals surface area contributed by atoms with Gasteiger partial charge in [0.2, 0.25) is 0 Å². The van der Waals surface area contributed by atoms with Crippen molar-refractivity contribution in [2.45, 2.75) is 25.8 Å². The number of hydrogen-bond acceptors (Lipinski definition) is 4. The van der Waals surface area contributed by atoms with Crippen LogP contribution >= 0.6 is 0 Å². The van der Waals surface area contributed by atoms with Crippen LogP contribution in [0.15, 0.2) is 24.3 Å². The number of rotatable bonds is 7. The Labute approximate surface area is 101 Å². The molecule has 94 valence electrons. The minimum Gasteiger partial charge on any atom is -0.395 e. The van der Waals surface area contributed by atoms with E-state index in [0.29, 0.717) is 6.54 Å². The number of nitrogens with one attached hydrogen (secondary N) is 1. The average Bonchev–Trinajstić information content (AvgIpc) is 2.34. The molecule has 0 radical (unpaired) electrons. The first-order valence-electron chi connectivity index (χ1n) is 5.77. The molecular formula is C12H18N2O3. The maximum atomic E-state index is 10.7. The third kappa shape index (κ3) is 4.13. The van der Waals surface area contributed by atoms with Crippen LogP contribution in [0.1, 0.15) is 31.4 Å². The molecule has 1 aromatic carbocycles. The summed E-state index contributed by atoms with van der Waals surface area (Å²) in [6.07, 6.45) is 1.87. The minimum atomic E-state index is -0.390. The Morgan fingerprint density at radius 2 is 2.29 bits per heavy atom. The van der Waals surface area contributed by atoms with Crippen molar-refractivity contribution in [2.24, 2.45) is 0 Å². The second-order valence-electron chi connectivity index (χ2n) is 3.87. The van der Waals surface area contributed by atoms with Crippen LogP contribution in [-0.4, -0.2) is 23.2 Å². The largest absolute Gasteiger partial charge is 0.395 e. The minimum absolute atomic E-state index is 0.0621. The number of nitro benzene ring substituents is 1. The molecule has 2 N–H and O–H groups in total. The fraction of sp³-hybridized carbons (Fsp3) is 0.500. The smallest absolute Gasteiger partial charge is 0.269 e. The van der Waals surface area contributed by atoms with E-state index in [1.54, 1.807) is 12.1 Å². The van der Waals surface area contributed by atoms with Gasteiger partial charge in [0.1, 0.15) is 0 Å². The zero-order valence-corrected chi connectivity index (χ0v) is 9.93. The highest BCUT2D eigenvalue weighted by atomic mass is 16.6. The van der Waals surface area contributed by atoms with E-state index in [-0.39, 0.29) is 18.3 Å². The van der Waals surface area contributed by atoms with E-state index >= 15 is 0 Å². The summed E-state index contributed by atoms with van der Waals surface area (Å²) in [6.45, 7) is 2.62. The second-order valence-corrected chi connectivity index (χ2v) is 3.87. The molecule has 0 aliphatic carbocycles. The molecule has 0 heterocycles. The first-order valence-corrected chi connectivity index (χ1v) is 5.77. The molecule has 0 aliphatic heterocycles. The van der Waals surface area contributed by atoms with Gasteiger partial charge in [0.15, 0.2) is 0 Å². The summed E-state index contributed by atoms with van der Waals surface area (Å²) in [5.41, 5.74) is 1.00. The predicted octanol–water partition coefficient (Wildman–Crippen LogP) is 2.02. The summed E-state index contributed by atoms with van der Waals surface area (Å²) >= 11 is 0. The van der Waals surface area contributed by atoms with Crippen LogP contribution in [0.2, 0.25) is 0 Å². The third-order valence-electron chi connectivity index (χ3n) is 2.56. The Morgan fingerprint density at radius 1 is 1.53 bits per heavy atom. The summed E-state index contributed by atoms with van der Waals surface area (Å²) in [5.74, 6) is 0. The van der Waals surface area contributed by atoms with Crippen molar-refractivity contribution in [2.75, 3.05) is 13.2 Å². The van der Waals surface area contributed by atoms with Gasteiger partial charge in [-0.2, -0.15) is 0 Å². The average molecular weight is 238 g/mol. The number of aliphatic hydroxyl groups is 1. The summed E-state index contributed by atoms with van der Waals surface area (Å²) in [7, 11) is 0. The molecule has 0 fully saturated rings. The summed E-state index contributed by atoms with van der Waals surface area (Å²) in [6, 6.07) is 6.70.